The Hall–Kier alpha value is -2.96. The highest BCUT2D eigenvalue weighted by Crippen LogP contribution is 2.20. The normalized spacial score (nSPS) is 11.2. The topological polar surface area (TPSA) is 85.7 Å². The van der Waals surface area contributed by atoms with E-state index in [1.165, 1.54) is 7.11 Å². The molecule has 0 fully saturated rings. The second-order valence-electron chi connectivity index (χ2n) is 5.43. The number of hydrogen-bond donors (Lipinski definition) is 1. The van der Waals surface area contributed by atoms with Crippen molar-refractivity contribution in [3.63, 3.8) is 0 Å². The minimum absolute atomic E-state index is 0.191. The second kappa shape index (κ2) is 8.23. The zero-order valence-electron chi connectivity index (χ0n) is 15.1. The highest BCUT2D eigenvalue weighted by Gasteiger charge is 2.18. The molecular formula is C18H22N4O3. The lowest BCUT2D eigenvalue weighted by molar-refractivity contribution is -0.114. The van der Waals surface area contributed by atoms with Crippen LogP contribution in [0.4, 0.5) is 0 Å². The van der Waals surface area contributed by atoms with Crippen LogP contribution in [0.2, 0.25) is 0 Å². The Balaban J connectivity index is 2.33. The summed E-state index contributed by atoms with van der Waals surface area (Å²) in [5.41, 5.74) is 3.40. The average Bonchev–Trinajstić information content (AvgIpc) is 2.61. The lowest BCUT2D eigenvalue weighted by Crippen LogP contribution is -2.29. The van der Waals surface area contributed by atoms with Gasteiger partial charge in [-0.3, -0.25) is 4.79 Å². The SMILES string of the molecule is CNC(=O)/C(=N\OC)c1ccccc1COc1nc(C)nc(C)c1C. The van der Waals surface area contributed by atoms with Gasteiger partial charge in [0.05, 0.1) is 0 Å². The van der Waals surface area contributed by atoms with Gasteiger partial charge in [-0.15, -0.1) is 0 Å². The van der Waals surface area contributed by atoms with Gasteiger partial charge in [-0.25, -0.2) is 4.98 Å². The van der Waals surface area contributed by atoms with Gasteiger partial charge < -0.3 is 14.9 Å². The molecule has 1 heterocycles. The van der Waals surface area contributed by atoms with Crippen LogP contribution >= 0.6 is 0 Å². The number of likely N-dealkylation sites (N-methyl/N-ethyl adjacent to an activating group) is 1. The maximum atomic E-state index is 12.1. The van der Waals surface area contributed by atoms with E-state index >= 15 is 0 Å². The molecule has 0 saturated carbocycles. The summed E-state index contributed by atoms with van der Waals surface area (Å²) in [4.78, 5) is 25.6. The first-order valence-electron chi connectivity index (χ1n) is 7.84. The summed E-state index contributed by atoms with van der Waals surface area (Å²) in [6.07, 6.45) is 0. The molecule has 0 unspecified atom stereocenters. The third-order valence-electron chi connectivity index (χ3n) is 3.72. The van der Waals surface area contributed by atoms with Gasteiger partial charge in [-0.1, -0.05) is 29.4 Å². The number of aromatic nitrogens is 2. The number of aryl methyl sites for hydroxylation is 2. The standard InChI is InChI=1S/C18H22N4O3/c1-11-12(2)20-13(3)21-18(11)25-10-14-8-6-7-9-15(14)16(22-24-5)17(23)19-4/h6-9H,10H2,1-5H3,(H,19,23)/b22-16-. The van der Waals surface area contributed by atoms with Crippen molar-refractivity contribution < 1.29 is 14.4 Å². The minimum Gasteiger partial charge on any atom is -0.472 e. The summed E-state index contributed by atoms with van der Waals surface area (Å²) < 4.78 is 5.89. The predicted octanol–water partition coefficient (Wildman–Crippen LogP) is 2.08. The van der Waals surface area contributed by atoms with E-state index in [2.05, 4.69) is 20.4 Å². The number of amides is 1. The van der Waals surface area contributed by atoms with Crippen molar-refractivity contribution in [3.8, 4) is 5.88 Å². The Labute approximate surface area is 147 Å². The van der Waals surface area contributed by atoms with Crippen LogP contribution in [0.15, 0.2) is 29.4 Å². The van der Waals surface area contributed by atoms with E-state index in [0.717, 1.165) is 16.8 Å². The number of benzene rings is 1. The van der Waals surface area contributed by atoms with Gasteiger partial charge in [0.1, 0.15) is 19.5 Å². The zero-order chi connectivity index (χ0) is 18.4. The van der Waals surface area contributed by atoms with Crippen molar-refractivity contribution in [2.45, 2.75) is 27.4 Å². The molecule has 0 bridgehead atoms. The Morgan fingerprint density at radius 1 is 1.20 bits per heavy atom. The van der Waals surface area contributed by atoms with Gasteiger partial charge in [-0.05, 0) is 26.3 Å². The summed E-state index contributed by atoms with van der Waals surface area (Å²) in [5.74, 6) is 0.850. The van der Waals surface area contributed by atoms with Crippen molar-refractivity contribution in [2.75, 3.05) is 14.2 Å². The van der Waals surface area contributed by atoms with Gasteiger partial charge in [0, 0.05) is 23.9 Å². The van der Waals surface area contributed by atoms with E-state index in [0.29, 0.717) is 17.3 Å². The van der Waals surface area contributed by atoms with E-state index in [1.807, 2.05) is 39.0 Å². The number of nitrogens with one attached hydrogen (secondary N) is 1. The quantitative estimate of drug-likeness (QED) is 0.642. The van der Waals surface area contributed by atoms with Gasteiger partial charge in [0.2, 0.25) is 5.88 Å². The third-order valence-corrected chi connectivity index (χ3v) is 3.72. The molecule has 0 spiro atoms. The predicted molar refractivity (Wildman–Crippen MR) is 94.6 cm³/mol. The monoisotopic (exact) mass is 342 g/mol. The molecule has 1 aromatic heterocycles. The van der Waals surface area contributed by atoms with Crippen LogP contribution in [0.25, 0.3) is 0 Å². The number of ether oxygens (including phenoxy) is 1. The molecule has 132 valence electrons. The van der Waals surface area contributed by atoms with E-state index in [-0.39, 0.29) is 18.2 Å². The fourth-order valence-electron chi connectivity index (χ4n) is 2.32. The van der Waals surface area contributed by atoms with E-state index < -0.39 is 0 Å². The number of carbonyl (C=O) groups is 1. The first kappa shape index (κ1) is 18.4. The van der Waals surface area contributed by atoms with E-state index in [4.69, 9.17) is 9.57 Å². The smallest absolute Gasteiger partial charge is 0.273 e. The first-order chi connectivity index (χ1) is 12.0. The molecule has 7 nitrogen and oxygen atoms in total. The minimum atomic E-state index is -0.334. The van der Waals surface area contributed by atoms with Crippen LogP contribution in [0.3, 0.4) is 0 Å². The van der Waals surface area contributed by atoms with Crippen LogP contribution in [0, 0.1) is 20.8 Å². The average molecular weight is 342 g/mol. The van der Waals surface area contributed by atoms with Crippen molar-refractivity contribution in [1.82, 2.24) is 15.3 Å². The molecule has 7 heteroatoms. The molecule has 1 amide bonds. The van der Waals surface area contributed by atoms with Crippen molar-refractivity contribution in [2.24, 2.45) is 5.16 Å². The van der Waals surface area contributed by atoms with Crippen LogP contribution in [0.5, 0.6) is 5.88 Å². The van der Waals surface area contributed by atoms with Gasteiger partial charge in [0.15, 0.2) is 5.71 Å². The molecular weight excluding hydrogens is 320 g/mol. The molecule has 0 aliphatic carbocycles. The highest BCUT2D eigenvalue weighted by atomic mass is 16.6. The molecule has 2 aromatic rings. The Morgan fingerprint density at radius 2 is 1.92 bits per heavy atom. The van der Waals surface area contributed by atoms with Gasteiger partial charge in [0.25, 0.3) is 5.91 Å². The fourth-order valence-corrected chi connectivity index (χ4v) is 2.32. The lowest BCUT2D eigenvalue weighted by atomic mass is 10.0. The Kier molecular flexibility index (Phi) is 6.05. The van der Waals surface area contributed by atoms with Gasteiger partial charge >= 0.3 is 0 Å². The van der Waals surface area contributed by atoms with Gasteiger partial charge in [-0.2, -0.15) is 4.98 Å². The third kappa shape index (κ3) is 4.32. The highest BCUT2D eigenvalue weighted by molar-refractivity contribution is 6.45. The van der Waals surface area contributed by atoms with E-state index in [9.17, 15) is 4.79 Å². The summed E-state index contributed by atoms with van der Waals surface area (Å²) in [7, 11) is 2.94. The summed E-state index contributed by atoms with van der Waals surface area (Å²) >= 11 is 0. The van der Waals surface area contributed by atoms with Crippen LogP contribution < -0.4 is 10.1 Å². The molecule has 1 N–H and O–H groups in total. The first-order valence-corrected chi connectivity index (χ1v) is 7.84. The summed E-state index contributed by atoms with van der Waals surface area (Å²) in [6.45, 7) is 5.90. The van der Waals surface area contributed by atoms with E-state index in [1.54, 1.807) is 13.1 Å². The molecule has 0 radical (unpaired) electrons. The largest absolute Gasteiger partial charge is 0.472 e. The number of rotatable bonds is 6. The van der Waals surface area contributed by atoms with Crippen LogP contribution in [-0.2, 0) is 16.2 Å². The molecule has 1 aromatic carbocycles. The van der Waals surface area contributed by atoms with Crippen LogP contribution in [0.1, 0.15) is 28.2 Å². The van der Waals surface area contributed by atoms with Crippen molar-refractivity contribution >= 4 is 11.6 Å². The fraction of sp³-hybridized carbons (Fsp3) is 0.333. The molecule has 0 atom stereocenters. The Bertz CT molecular complexity index is 803. The lowest BCUT2D eigenvalue weighted by Gasteiger charge is -2.13. The van der Waals surface area contributed by atoms with Crippen molar-refractivity contribution in [3.05, 3.63) is 52.5 Å². The number of nitrogens with zero attached hydrogens (tertiary/aromatic N) is 3. The molecule has 25 heavy (non-hydrogen) atoms. The summed E-state index contributed by atoms with van der Waals surface area (Å²) in [6, 6.07) is 7.38. The molecule has 0 aliphatic heterocycles. The maximum absolute atomic E-state index is 12.1. The van der Waals surface area contributed by atoms with Crippen molar-refractivity contribution in [1.29, 1.82) is 0 Å². The number of oxime groups is 1. The second-order valence-corrected chi connectivity index (χ2v) is 5.43. The molecule has 2 rings (SSSR count). The number of hydrogen-bond acceptors (Lipinski definition) is 6. The molecule has 0 saturated heterocycles. The Morgan fingerprint density at radius 3 is 2.60 bits per heavy atom. The maximum Gasteiger partial charge on any atom is 0.273 e. The number of carbonyl (C=O) groups excluding carboxylic acids is 1. The zero-order valence-corrected chi connectivity index (χ0v) is 15.1. The summed E-state index contributed by atoms with van der Waals surface area (Å²) in [5, 5.41) is 6.41. The van der Waals surface area contributed by atoms with Crippen LogP contribution in [-0.4, -0.2) is 35.7 Å². The molecule has 0 aliphatic rings.